The molecule has 4 nitrogen and oxygen atoms in total. The van der Waals surface area contributed by atoms with Crippen LogP contribution in [0.4, 0.5) is 0 Å². The fraction of sp³-hybridized carbons (Fsp3) is 0.588. The van der Waals surface area contributed by atoms with Gasteiger partial charge < -0.3 is 14.2 Å². The van der Waals surface area contributed by atoms with E-state index in [1.165, 1.54) is 0 Å². The minimum atomic E-state index is -0.334. The summed E-state index contributed by atoms with van der Waals surface area (Å²) in [5.74, 6) is 1.13. The maximum Gasteiger partial charge on any atom is 0.344 e. The van der Waals surface area contributed by atoms with Crippen molar-refractivity contribution >= 4 is 5.97 Å². The molecule has 0 aromatic heterocycles. The second-order valence-electron chi connectivity index (χ2n) is 5.97. The van der Waals surface area contributed by atoms with Gasteiger partial charge in [0, 0.05) is 5.56 Å². The second kappa shape index (κ2) is 7.91. The van der Waals surface area contributed by atoms with Crippen LogP contribution in [-0.2, 0) is 14.9 Å². The van der Waals surface area contributed by atoms with Crippen molar-refractivity contribution in [1.29, 1.82) is 0 Å². The SMILES string of the molecule is CCCCOC(=O)COc1ccc(OC)cc1C(C)(C)C. The van der Waals surface area contributed by atoms with Gasteiger partial charge in [-0.15, -0.1) is 0 Å². The Hall–Kier alpha value is -1.71. The van der Waals surface area contributed by atoms with Crippen LogP contribution in [0.15, 0.2) is 18.2 Å². The molecular weight excluding hydrogens is 268 g/mol. The van der Waals surface area contributed by atoms with Crippen molar-refractivity contribution < 1.29 is 19.0 Å². The summed E-state index contributed by atoms with van der Waals surface area (Å²) in [7, 11) is 1.63. The molecule has 1 aromatic carbocycles. The van der Waals surface area contributed by atoms with Crippen molar-refractivity contribution in [3.8, 4) is 11.5 Å². The van der Waals surface area contributed by atoms with Gasteiger partial charge in [-0.1, -0.05) is 34.1 Å². The predicted octanol–water partition coefficient (Wildman–Crippen LogP) is 3.71. The topological polar surface area (TPSA) is 44.8 Å². The van der Waals surface area contributed by atoms with Crippen LogP contribution in [0, 0.1) is 0 Å². The third kappa shape index (κ3) is 5.66. The Labute approximate surface area is 127 Å². The minimum absolute atomic E-state index is 0.0703. The first-order valence-electron chi connectivity index (χ1n) is 7.35. The summed E-state index contributed by atoms with van der Waals surface area (Å²) >= 11 is 0. The van der Waals surface area contributed by atoms with Crippen LogP contribution in [0.3, 0.4) is 0 Å². The first-order valence-corrected chi connectivity index (χ1v) is 7.35. The van der Waals surface area contributed by atoms with Gasteiger partial charge in [0.15, 0.2) is 6.61 Å². The molecule has 0 radical (unpaired) electrons. The van der Waals surface area contributed by atoms with Gasteiger partial charge in [-0.25, -0.2) is 4.79 Å². The summed E-state index contributed by atoms with van der Waals surface area (Å²) in [4.78, 5) is 11.6. The number of ether oxygens (including phenoxy) is 3. The molecule has 0 aliphatic carbocycles. The Morgan fingerprint density at radius 3 is 2.52 bits per heavy atom. The number of esters is 1. The van der Waals surface area contributed by atoms with E-state index in [1.54, 1.807) is 7.11 Å². The Morgan fingerprint density at radius 2 is 1.95 bits per heavy atom. The molecule has 21 heavy (non-hydrogen) atoms. The van der Waals surface area contributed by atoms with Crippen molar-refractivity contribution in [2.24, 2.45) is 0 Å². The molecule has 0 aliphatic rings. The van der Waals surface area contributed by atoms with E-state index in [9.17, 15) is 4.79 Å². The molecule has 0 amide bonds. The molecule has 0 heterocycles. The average molecular weight is 294 g/mol. The summed E-state index contributed by atoms with van der Waals surface area (Å²) in [5.41, 5.74) is 0.902. The van der Waals surface area contributed by atoms with Crippen LogP contribution in [0.2, 0.25) is 0 Å². The highest BCUT2D eigenvalue weighted by atomic mass is 16.6. The molecule has 0 saturated carbocycles. The van der Waals surface area contributed by atoms with Crippen molar-refractivity contribution in [3.05, 3.63) is 23.8 Å². The first kappa shape index (κ1) is 17.3. The Kier molecular flexibility index (Phi) is 6.53. The second-order valence-corrected chi connectivity index (χ2v) is 5.97. The number of methoxy groups -OCH3 is 1. The van der Waals surface area contributed by atoms with E-state index in [4.69, 9.17) is 14.2 Å². The predicted molar refractivity (Wildman–Crippen MR) is 83.1 cm³/mol. The summed E-state index contributed by atoms with van der Waals surface area (Å²) in [6.45, 7) is 8.71. The number of rotatable bonds is 7. The van der Waals surface area contributed by atoms with Gasteiger partial charge in [-0.2, -0.15) is 0 Å². The van der Waals surface area contributed by atoms with Crippen LogP contribution < -0.4 is 9.47 Å². The summed E-state index contributed by atoms with van der Waals surface area (Å²) < 4.78 is 16.0. The molecule has 0 atom stereocenters. The molecule has 0 fully saturated rings. The zero-order valence-corrected chi connectivity index (χ0v) is 13.7. The lowest BCUT2D eigenvalue weighted by Crippen LogP contribution is -2.18. The summed E-state index contributed by atoms with van der Waals surface area (Å²) in [5, 5.41) is 0. The largest absolute Gasteiger partial charge is 0.497 e. The molecule has 1 aromatic rings. The van der Waals surface area contributed by atoms with Crippen molar-refractivity contribution in [1.82, 2.24) is 0 Å². The van der Waals surface area contributed by atoms with E-state index < -0.39 is 0 Å². The molecule has 0 saturated heterocycles. The number of hydrogen-bond donors (Lipinski definition) is 0. The zero-order chi connectivity index (χ0) is 15.9. The Balaban J connectivity index is 2.72. The van der Waals surface area contributed by atoms with E-state index in [-0.39, 0.29) is 18.0 Å². The van der Waals surface area contributed by atoms with E-state index >= 15 is 0 Å². The molecule has 0 unspecified atom stereocenters. The monoisotopic (exact) mass is 294 g/mol. The van der Waals surface area contributed by atoms with Crippen molar-refractivity contribution in [2.45, 2.75) is 46.0 Å². The number of carbonyl (C=O) groups excluding carboxylic acids is 1. The maximum absolute atomic E-state index is 11.6. The van der Waals surface area contributed by atoms with E-state index in [1.807, 2.05) is 18.2 Å². The first-order chi connectivity index (χ1) is 9.88. The lowest BCUT2D eigenvalue weighted by Gasteiger charge is -2.23. The molecule has 118 valence electrons. The average Bonchev–Trinajstić information content (AvgIpc) is 2.44. The normalized spacial score (nSPS) is 11.1. The van der Waals surface area contributed by atoms with Gasteiger partial charge in [0.1, 0.15) is 11.5 Å². The van der Waals surface area contributed by atoms with E-state index in [2.05, 4.69) is 27.7 Å². The van der Waals surface area contributed by atoms with E-state index in [0.717, 1.165) is 24.2 Å². The molecular formula is C17H26O4. The van der Waals surface area contributed by atoms with Crippen molar-refractivity contribution in [3.63, 3.8) is 0 Å². The standard InChI is InChI=1S/C17H26O4/c1-6-7-10-20-16(18)12-21-15-9-8-13(19-5)11-14(15)17(2,3)4/h8-9,11H,6-7,10,12H2,1-5H3. The number of benzene rings is 1. The highest BCUT2D eigenvalue weighted by Crippen LogP contribution is 2.34. The molecule has 0 spiro atoms. The van der Waals surface area contributed by atoms with Gasteiger partial charge in [0.2, 0.25) is 0 Å². The molecule has 4 heteroatoms. The number of hydrogen-bond acceptors (Lipinski definition) is 4. The van der Waals surface area contributed by atoms with Crippen LogP contribution >= 0.6 is 0 Å². The van der Waals surface area contributed by atoms with E-state index in [0.29, 0.717) is 12.4 Å². The van der Waals surface area contributed by atoms with Gasteiger partial charge in [-0.3, -0.25) is 0 Å². The summed E-state index contributed by atoms with van der Waals surface area (Å²) in [6.07, 6.45) is 1.88. The fourth-order valence-corrected chi connectivity index (χ4v) is 1.86. The van der Waals surface area contributed by atoms with Crippen molar-refractivity contribution in [2.75, 3.05) is 20.3 Å². The highest BCUT2D eigenvalue weighted by molar-refractivity contribution is 5.71. The maximum atomic E-state index is 11.6. The summed E-state index contributed by atoms with van der Waals surface area (Å²) in [6, 6.07) is 5.60. The van der Waals surface area contributed by atoms with Crippen LogP contribution in [0.1, 0.15) is 46.1 Å². The quantitative estimate of drug-likeness (QED) is 0.568. The Morgan fingerprint density at radius 1 is 1.24 bits per heavy atom. The molecule has 0 N–H and O–H groups in total. The van der Waals surface area contributed by atoms with Gasteiger partial charge in [-0.05, 0) is 30.0 Å². The smallest absolute Gasteiger partial charge is 0.344 e. The fourth-order valence-electron chi connectivity index (χ4n) is 1.86. The third-order valence-corrected chi connectivity index (χ3v) is 3.10. The molecule has 0 bridgehead atoms. The van der Waals surface area contributed by atoms with Crippen LogP contribution in [0.25, 0.3) is 0 Å². The zero-order valence-electron chi connectivity index (χ0n) is 13.7. The number of carbonyl (C=O) groups is 1. The molecule has 1 rings (SSSR count). The van der Waals surface area contributed by atoms with Gasteiger partial charge in [0.25, 0.3) is 0 Å². The lowest BCUT2D eigenvalue weighted by atomic mass is 9.86. The van der Waals surface area contributed by atoms with Crippen LogP contribution in [0.5, 0.6) is 11.5 Å². The third-order valence-electron chi connectivity index (χ3n) is 3.10. The van der Waals surface area contributed by atoms with Gasteiger partial charge in [0.05, 0.1) is 13.7 Å². The number of unbranched alkanes of at least 4 members (excludes halogenated alkanes) is 1. The Bertz CT molecular complexity index is 460. The van der Waals surface area contributed by atoms with Gasteiger partial charge >= 0.3 is 5.97 Å². The highest BCUT2D eigenvalue weighted by Gasteiger charge is 2.20. The molecule has 0 aliphatic heterocycles. The van der Waals surface area contributed by atoms with Crippen LogP contribution in [-0.4, -0.2) is 26.3 Å². The minimum Gasteiger partial charge on any atom is -0.497 e. The lowest BCUT2D eigenvalue weighted by molar-refractivity contribution is -0.146.